The Kier molecular flexibility index (Phi) is 8.40. The van der Waals surface area contributed by atoms with Gasteiger partial charge in [-0.1, -0.05) is 48.5 Å². The molecular formula is C26H34N6O. The number of furan rings is 1. The fourth-order valence-electron chi connectivity index (χ4n) is 3.18. The van der Waals surface area contributed by atoms with Gasteiger partial charge in [0.2, 0.25) is 0 Å². The number of amidine groups is 2. The minimum atomic E-state index is 0.549. The summed E-state index contributed by atoms with van der Waals surface area (Å²) < 4.78 is 6.10. The molecule has 33 heavy (non-hydrogen) atoms. The largest absolute Gasteiger partial charge is 0.456 e. The van der Waals surface area contributed by atoms with Crippen molar-refractivity contribution in [2.75, 3.05) is 54.4 Å². The normalized spacial score (nSPS) is 12.7. The molecule has 0 unspecified atom stereocenters. The second-order valence-electron chi connectivity index (χ2n) is 8.46. The maximum absolute atomic E-state index is 6.11. The summed E-state index contributed by atoms with van der Waals surface area (Å²) in [4.78, 5) is 13.0. The zero-order valence-electron chi connectivity index (χ0n) is 20.0. The second kappa shape index (κ2) is 11.4. The lowest BCUT2D eigenvalue weighted by Crippen LogP contribution is -2.19. The average Bonchev–Trinajstić information content (AvgIpc) is 3.29. The summed E-state index contributed by atoms with van der Waals surface area (Å²) in [5.74, 6) is 2.70. The van der Waals surface area contributed by atoms with E-state index in [1.807, 2.05) is 88.9 Å². The molecule has 0 amide bonds. The average molecular weight is 447 g/mol. The molecule has 174 valence electrons. The second-order valence-corrected chi connectivity index (χ2v) is 8.46. The van der Waals surface area contributed by atoms with E-state index in [4.69, 9.17) is 15.9 Å². The molecule has 3 rings (SSSR count). The van der Waals surface area contributed by atoms with E-state index in [-0.39, 0.29) is 0 Å². The summed E-state index contributed by atoms with van der Waals surface area (Å²) in [7, 11) is 8.07. The number of likely N-dealkylation sites (N-methyl/N-ethyl adjacent to an activating group) is 2. The number of aliphatic imine (C=N–C) groups is 2. The van der Waals surface area contributed by atoms with Crippen LogP contribution in [0.25, 0.3) is 22.6 Å². The van der Waals surface area contributed by atoms with Crippen LogP contribution in [0, 0.1) is 0 Å². The van der Waals surface area contributed by atoms with Gasteiger partial charge in [0.1, 0.15) is 23.2 Å². The Morgan fingerprint density at radius 1 is 0.636 bits per heavy atom. The van der Waals surface area contributed by atoms with Gasteiger partial charge >= 0.3 is 0 Å². The van der Waals surface area contributed by atoms with Crippen molar-refractivity contribution in [3.05, 3.63) is 71.8 Å². The molecule has 0 saturated heterocycles. The molecule has 3 aromatic rings. The first kappa shape index (κ1) is 24.2. The molecule has 0 bridgehead atoms. The number of hydrogen-bond acceptors (Lipinski definition) is 5. The third kappa shape index (κ3) is 7.03. The summed E-state index contributed by atoms with van der Waals surface area (Å²) in [5, 5.41) is 0. The molecule has 0 aliphatic carbocycles. The smallest absolute Gasteiger partial charge is 0.134 e. The van der Waals surface area contributed by atoms with E-state index in [0.717, 1.165) is 46.9 Å². The summed E-state index contributed by atoms with van der Waals surface area (Å²) in [5.41, 5.74) is 16.0. The van der Waals surface area contributed by atoms with Crippen LogP contribution in [0.15, 0.2) is 75.1 Å². The van der Waals surface area contributed by atoms with Gasteiger partial charge in [-0.3, -0.25) is 9.98 Å². The van der Waals surface area contributed by atoms with Gasteiger partial charge in [0.25, 0.3) is 0 Å². The standard InChI is InChI=1S/C26H34N6O/c1-31(2)17-15-29-25(27)21-9-5-19(6-10-21)23-13-14-24(33-23)20-7-11-22(12-8-20)26(28)30-16-18-32(3)4/h5-14H,15-18H2,1-4H3,(H2,27,29)(H2,28,30). The first-order chi connectivity index (χ1) is 15.8. The number of benzene rings is 2. The van der Waals surface area contributed by atoms with Gasteiger partial charge in [0.05, 0.1) is 13.1 Å². The molecule has 0 aliphatic rings. The minimum Gasteiger partial charge on any atom is -0.456 e. The maximum atomic E-state index is 6.11. The van der Waals surface area contributed by atoms with Gasteiger partial charge < -0.3 is 25.7 Å². The lowest BCUT2D eigenvalue weighted by atomic mass is 10.1. The number of nitrogens with two attached hydrogens (primary N) is 2. The van der Waals surface area contributed by atoms with E-state index >= 15 is 0 Å². The Morgan fingerprint density at radius 3 is 1.33 bits per heavy atom. The molecule has 4 N–H and O–H groups in total. The lowest BCUT2D eigenvalue weighted by Gasteiger charge is -2.07. The van der Waals surface area contributed by atoms with Crippen molar-refractivity contribution in [3.63, 3.8) is 0 Å². The Hall–Kier alpha value is -3.42. The highest BCUT2D eigenvalue weighted by Crippen LogP contribution is 2.29. The van der Waals surface area contributed by atoms with Gasteiger partial charge in [0.15, 0.2) is 0 Å². The Balaban J connectivity index is 1.67. The van der Waals surface area contributed by atoms with Gasteiger partial charge in [0, 0.05) is 35.3 Å². The first-order valence-corrected chi connectivity index (χ1v) is 11.0. The molecule has 7 heteroatoms. The maximum Gasteiger partial charge on any atom is 0.134 e. The van der Waals surface area contributed by atoms with Crippen molar-refractivity contribution in [1.29, 1.82) is 0 Å². The monoisotopic (exact) mass is 446 g/mol. The quantitative estimate of drug-likeness (QED) is 0.368. The fraction of sp³-hybridized carbons (Fsp3) is 0.308. The van der Waals surface area contributed by atoms with Crippen LogP contribution < -0.4 is 11.5 Å². The molecule has 1 aromatic heterocycles. The van der Waals surface area contributed by atoms with Crippen LogP contribution in [-0.4, -0.2) is 75.8 Å². The molecule has 0 radical (unpaired) electrons. The van der Waals surface area contributed by atoms with Crippen molar-refractivity contribution < 1.29 is 4.42 Å². The summed E-state index contributed by atoms with van der Waals surface area (Å²) in [6, 6.07) is 19.8. The van der Waals surface area contributed by atoms with E-state index in [0.29, 0.717) is 24.8 Å². The van der Waals surface area contributed by atoms with E-state index < -0.39 is 0 Å². The molecule has 0 spiro atoms. The first-order valence-electron chi connectivity index (χ1n) is 11.0. The van der Waals surface area contributed by atoms with Crippen LogP contribution in [0.1, 0.15) is 11.1 Å². The van der Waals surface area contributed by atoms with Crippen molar-refractivity contribution in [3.8, 4) is 22.6 Å². The molecular weight excluding hydrogens is 412 g/mol. The summed E-state index contributed by atoms with van der Waals surface area (Å²) >= 11 is 0. The highest BCUT2D eigenvalue weighted by atomic mass is 16.3. The molecule has 2 aromatic carbocycles. The van der Waals surface area contributed by atoms with Crippen LogP contribution in [0.3, 0.4) is 0 Å². The van der Waals surface area contributed by atoms with E-state index in [1.165, 1.54) is 0 Å². The Bertz CT molecular complexity index is 993. The van der Waals surface area contributed by atoms with Crippen LogP contribution in [0.4, 0.5) is 0 Å². The molecule has 1 heterocycles. The van der Waals surface area contributed by atoms with Crippen LogP contribution >= 0.6 is 0 Å². The Morgan fingerprint density at radius 2 is 1.00 bits per heavy atom. The predicted molar refractivity (Wildman–Crippen MR) is 138 cm³/mol. The van der Waals surface area contributed by atoms with Crippen molar-refractivity contribution >= 4 is 11.7 Å². The van der Waals surface area contributed by atoms with Gasteiger partial charge in [-0.05, 0) is 40.3 Å². The molecule has 0 fully saturated rings. The van der Waals surface area contributed by atoms with E-state index in [9.17, 15) is 0 Å². The van der Waals surface area contributed by atoms with Gasteiger partial charge in [-0.2, -0.15) is 0 Å². The van der Waals surface area contributed by atoms with Crippen molar-refractivity contribution in [1.82, 2.24) is 9.80 Å². The number of rotatable bonds is 10. The van der Waals surface area contributed by atoms with E-state index in [1.54, 1.807) is 0 Å². The summed E-state index contributed by atoms with van der Waals surface area (Å²) in [6.07, 6.45) is 0. The van der Waals surface area contributed by atoms with Crippen LogP contribution in [0.2, 0.25) is 0 Å². The van der Waals surface area contributed by atoms with Crippen molar-refractivity contribution in [2.24, 2.45) is 21.5 Å². The third-order valence-corrected chi connectivity index (χ3v) is 5.20. The molecule has 0 atom stereocenters. The van der Waals surface area contributed by atoms with Crippen LogP contribution in [-0.2, 0) is 0 Å². The zero-order chi connectivity index (χ0) is 23.8. The molecule has 0 aliphatic heterocycles. The predicted octanol–water partition coefficient (Wildman–Crippen LogP) is 3.15. The van der Waals surface area contributed by atoms with Crippen LogP contribution in [0.5, 0.6) is 0 Å². The SMILES string of the molecule is CN(C)CCN=C(N)c1ccc(-c2ccc(-c3ccc(C(N)=NCCN(C)C)cc3)o2)cc1. The minimum absolute atomic E-state index is 0.549. The lowest BCUT2D eigenvalue weighted by molar-refractivity contribution is 0.420. The molecule has 0 saturated carbocycles. The van der Waals surface area contributed by atoms with Crippen molar-refractivity contribution in [2.45, 2.75) is 0 Å². The number of nitrogens with zero attached hydrogens (tertiary/aromatic N) is 4. The highest BCUT2D eigenvalue weighted by molar-refractivity contribution is 5.98. The zero-order valence-corrected chi connectivity index (χ0v) is 20.0. The molecule has 7 nitrogen and oxygen atoms in total. The van der Waals surface area contributed by atoms with Gasteiger partial charge in [-0.25, -0.2) is 0 Å². The summed E-state index contributed by atoms with van der Waals surface area (Å²) in [6.45, 7) is 3.08. The topological polar surface area (TPSA) is 96.4 Å². The highest BCUT2D eigenvalue weighted by Gasteiger charge is 2.09. The number of hydrogen-bond donors (Lipinski definition) is 2. The Labute approximate surface area is 196 Å². The van der Waals surface area contributed by atoms with E-state index in [2.05, 4.69) is 19.8 Å². The van der Waals surface area contributed by atoms with Gasteiger partial charge in [-0.15, -0.1) is 0 Å². The fourth-order valence-corrected chi connectivity index (χ4v) is 3.18. The third-order valence-electron chi connectivity index (χ3n) is 5.20.